The number of hydrogen-bond donors (Lipinski definition) is 1. The predicted octanol–water partition coefficient (Wildman–Crippen LogP) is 0.856. The Morgan fingerprint density at radius 3 is 2.54 bits per heavy atom. The molecule has 76 valence electrons. The zero-order valence-electron chi connectivity index (χ0n) is 8.26. The first-order valence-corrected chi connectivity index (χ1v) is 4.63. The smallest absolute Gasteiger partial charge is 0.325 e. The highest BCUT2D eigenvalue weighted by Crippen LogP contribution is 1.88. The van der Waals surface area contributed by atoms with Crippen LogP contribution in [0.4, 0.5) is 0 Å². The first kappa shape index (κ1) is 11.9. The quantitative estimate of drug-likeness (QED) is 0.495. The molecule has 0 saturated heterocycles. The molecule has 0 radical (unpaired) electrons. The third-order valence-electron chi connectivity index (χ3n) is 1.51. The molecule has 0 aromatic carbocycles. The summed E-state index contributed by atoms with van der Waals surface area (Å²) in [6, 6.07) is 0. The van der Waals surface area contributed by atoms with E-state index in [1.165, 1.54) is 0 Å². The van der Waals surface area contributed by atoms with Crippen LogP contribution < -0.4 is 5.32 Å². The number of carbonyl (C=O) groups excluding carboxylic acids is 2. The molecule has 0 aliphatic carbocycles. The summed E-state index contributed by atoms with van der Waals surface area (Å²) in [5.74, 6) is -0.498. The Bertz CT molecular complexity index is 168. The Balaban J connectivity index is 3.35. The SMILES string of the molecule is CCCCOC(=O)CNC(=O)CC. The summed E-state index contributed by atoms with van der Waals surface area (Å²) in [6.45, 7) is 4.18. The van der Waals surface area contributed by atoms with Gasteiger partial charge in [0.25, 0.3) is 0 Å². The molecule has 0 aliphatic rings. The number of esters is 1. The minimum absolute atomic E-state index is 0.0175. The molecular weight excluding hydrogens is 170 g/mol. The highest BCUT2D eigenvalue weighted by molar-refractivity contribution is 5.81. The molecule has 0 saturated carbocycles. The van der Waals surface area contributed by atoms with Gasteiger partial charge in [-0.15, -0.1) is 0 Å². The summed E-state index contributed by atoms with van der Waals surface area (Å²) in [5, 5.41) is 2.45. The molecule has 0 bridgehead atoms. The molecule has 1 N–H and O–H groups in total. The molecule has 0 heterocycles. The van der Waals surface area contributed by atoms with E-state index in [0.29, 0.717) is 13.0 Å². The molecule has 0 aromatic rings. The lowest BCUT2D eigenvalue weighted by Crippen LogP contribution is -2.30. The normalized spacial score (nSPS) is 9.38. The van der Waals surface area contributed by atoms with Crippen LogP contribution in [0.2, 0.25) is 0 Å². The first-order valence-electron chi connectivity index (χ1n) is 4.63. The van der Waals surface area contributed by atoms with Crippen molar-refractivity contribution >= 4 is 11.9 Å². The fourth-order valence-electron chi connectivity index (χ4n) is 0.677. The van der Waals surface area contributed by atoms with Crippen molar-refractivity contribution in [3.8, 4) is 0 Å². The zero-order chi connectivity index (χ0) is 10.1. The van der Waals surface area contributed by atoms with Crippen LogP contribution in [0.1, 0.15) is 33.1 Å². The van der Waals surface area contributed by atoms with Crippen molar-refractivity contribution in [1.82, 2.24) is 5.32 Å². The predicted molar refractivity (Wildman–Crippen MR) is 49.2 cm³/mol. The van der Waals surface area contributed by atoms with Gasteiger partial charge in [-0.25, -0.2) is 0 Å². The number of carbonyl (C=O) groups is 2. The molecule has 0 spiro atoms. The van der Waals surface area contributed by atoms with Gasteiger partial charge in [-0.2, -0.15) is 0 Å². The van der Waals surface area contributed by atoms with Crippen LogP contribution in [0.25, 0.3) is 0 Å². The zero-order valence-corrected chi connectivity index (χ0v) is 8.26. The van der Waals surface area contributed by atoms with E-state index in [4.69, 9.17) is 4.74 Å². The molecule has 0 rings (SSSR count). The minimum Gasteiger partial charge on any atom is -0.464 e. The number of amides is 1. The van der Waals surface area contributed by atoms with Crippen molar-refractivity contribution in [3.63, 3.8) is 0 Å². The van der Waals surface area contributed by atoms with Crippen molar-refractivity contribution < 1.29 is 14.3 Å². The van der Waals surface area contributed by atoms with Crippen molar-refractivity contribution in [2.45, 2.75) is 33.1 Å². The fraction of sp³-hybridized carbons (Fsp3) is 0.778. The summed E-state index contributed by atoms with van der Waals surface area (Å²) < 4.78 is 4.82. The van der Waals surface area contributed by atoms with Crippen molar-refractivity contribution in [1.29, 1.82) is 0 Å². The van der Waals surface area contributed by atoms with E-state index in [2.05, 4.69) is 5.32 Å². The van der Waals surface area contributed by atoms with E-state index in [9.17, 15) is 9.59 Å². The lowest BCUT2D eigenvalue weighted by atomic mass is 10.4. The molecule has 4 heteroatoms. The van der Waals surface area contributed by atoms with Gasteiger partial charge in [0.05, 0.1) is 6.61 Å². The van der Waals surface area contributed by atoms with Gasteiger partial charge < -0.3 is 10.1 Å². The Morgan fingerprint density at radius 1 is 1.31 bits per heavy atom. The largest absolute Gasteiger partial charge is 0.464 e. The van der Waals surface area contributed by atoms with Crippen LogP contribution in [0, 0.1) is 0 Å². The van der Waals surface area contributed by atoms with Gasteiger partial charge >= 0.3 is 5.97 Å². The maximum atomic E-state index is 10.9. The molecule has 0 aromatic heterocycles. The van der Waals surface area contributed by atoms with Gasteiger partial charge in [0, 0.05) is 6.42 Å². The third kappa shape index (κ3) is 7.31. The van der Waals surface area contributed by atoms with Crippen molar-refractivity contribution in [2.75, 3.05) is 13.2 Å². The molecule has 1 amide bonds. The lowest BCUT2D eigenvalue weighted by molar-refractivity contribution is -0.144. The molecular formula is C9H17NO3. The Morgan fingerprint density at radius 2 is 2.00 bits per heavy atom. The molecule has 0 unspecified atom stereocenters. The van der Waals surface area contributed by atoms with E-state index >= 15 is 0 Å². The average Bonchev–Trinajstić information content (AvgIpc) is 2.14. The average molecular weight is 187 g/mol. The van der Waals surface area contributed by atoms with Gasteiger partial charge in [0.2, 0.25) is 5.91 Å². The first-order chi connectivity index (χ1) is 6.20. The topological polar surface area (TPSA) is 55.4 Å². The van der Waals surface area contributed by atoms with E-state index in [0.717, 1.165) is 12.8 Å². The second-order valence-corrected chi connectivity index (χ2v) is 2.70. The highest BCUT2D eigenvalue weighted by atomic mass is 16.5. The third-order valence-corrected chi connectivity index (χ3v) is 1.51. The van der Waals surface area contributed by atoms with Gasteiger partial charge in [0.1, 0.15) is 6.54 Å². The molecule has 4 nitrogen and oxygen atoms in total. The summed E-state index contributed by atoms with van der Waals surface area (Å²) in [6.07, 6.45) is 2.25. The number of ether oxygens (including phenoxy) is 1. The number of hydrogen-bond acceptors (Lipinski definition) is 3. The van der Waals surface area contributed by atoms with Crippen LogP contribution in [0.5, 0.6) is 0 Å². The summed E-state index contributed by atoms with van der Waals surface area (Å²) >= 11 is 0. The van der Waals surface area contributed by atoms with Crippen LogP contribution in [-0.2, 0) is 14.3 Å². The number of nitrogens with one attached hydrogen (secondary N) is 1. The van der Waals surface area contributed by atoms with Crippen molar-refractivity contribution in [3.05, 3.63) is 0 Å². The lowest BCUT2D eigenvalue weighted by Gasteiger charge is -2.04. The van der Waals surface area contributed by atoms with Gasteiger partial charge in [-0.05, 0) is 6.42 Å². The number of rotatable bonds is 6. The molecule has 0 atom stereocenters. The van der Waals surface area contributed by atoms with Gasteiger partial charge in [-0.1, -0.05) is 20.3 Å². The van der Waals surface area contributed by atoms with E-state index < -0.39 is 0 Å². The Labute approximate surface area is 78.6 Å². The van der Waals surface area contributed by atoms with E-state index in [1.807, 2.05) is 6.92 Å². The van der Waals surface area contributed by atoms with Gasteiger partial charge in [-0.3, -0.25) is 9.59 Å². The maximum absolute atomic E-state index is 10.9. The van der Waals surface area contributed by atoms with Crippen LogP contribution in [-0.4, -0.2) is 25.0 Å². The second kappa shape index (κ2) is 7.58. The fourth-order valence-corrected chi connectivity index (χ4v) is 0.677. The monoisotopic (exact) mass is 187 g/mol. The van der Waals surface area contributed by atoms with E-state index in [-0.39, 0.29) is 18.4 Å². The summed E-state index contributed by atoms with van der Waals surface area (Å²) in [5.41, 5.74) is 0. The molecule has 13 heavy (non-hydrogen) atoms. The minimum atomic E-state index is -0.366. The molecule has 0 aliphatic heterocycles. The van der Waals surface area contributed by atoms with Crippen molar-refractivity contribution in [2.24, 2.45) is 0 Å². The van der Waals surface area contributed by atoms with Crippen LogP contribution in [0.15, 0.2) is 0 Å². The highest BCUT2D eigenvalue weighted by Gasteiger charge is 2.03. The molecule has 0 fully saturated rings. The van der Waals surface area contributed by atoms with Crippen LogP contribution in [0.3, 0.4) is 0 Å². The Hall–Kier alpha value is -1.06. The standard InChI is InChI=1S/C9H17NO3/c1-3-5-6-13-9(12)7-10-8(11)4-2/h3-7H2,1-2H3,(H,10,11). The second-order valence-electron chi connectivity index (χ2n) is 2.70. The van der Waals surface area contributed by atoms with E-state index in [1.54, 1.807) is 6.92 Å². The van der Waals surface area contributed by atoms with Crippen LogP contribution >= 0.6 is 0 Å². The summed E-state index contributed by atoms with van der Waals surface area (Å²) in [4.78, 5) is 21.6. The maximum Gasteiger partial charge on any atom is 0.325 e. The summed E-state index contributed by atoms with van der Waals surface area (Å²) in [7, 11) is 0. The number of unbranched alkanes of at least 4 members (excludes halogenated alkanes) is 1. The Kier molecular flexibility index (Phi) is 6.96. The van der Waals surface area contributed by atoms with Gasteiger partial charge in [0.15, 0.2) is 0 Å².